The highest BCUT2D eigenvalue weighted by molar-refractivity contribution is 9.11. The molecule has 1 N–H and O–H groups in total. The fourth-order valence-corrected chi connectivity index (χ4v) is 4.10. The van der Waals surface area contributed by atoms with Crippen LogP contribution in [0.1, 0.15) is 11.1 Å². The van der Waals surface area contributed by atoms with Gasteiger partial charge in [-0.15, -0.1) is 0 Å². The Morgan fingerprint density at radius 2 is 1.11 bits per heavy atom. The minimum Gasteiger partial charge on any atom is -0.506 e. The SMILES string of the molecule is Oc1c(Br)cc(C=Cc2cc(Br)cc(Br)c2)cc1Br. The van der Waals surface area contributed by atoms with E-state index in [2.05, 4.69) is 63.7 Å². The maximum atomic E-state index is 9.66. The van der Waals surface area contributed by atoms with Gasteiger partial charge in [0.25, 0.3) is 0 Å². The summed E-state index contributed by atoms with van der Waals surface area (Å²) in [6, 6.07) is 9.79. The lowest BCUT2D eigenvalue weighted by Gasteiger charge is -2.02. The molecule has 0 atom stereocenters. The Morgan fingerprint density at radius 1 is 0.684 bits per heavy atom. The van der Waals surface area contributed by atoms with Gasteiger partial charge in [0.05, 0.1) is 8.95 Å². The molecule has 0 bridgehead atoms. The minimum absolute atomic E-state index is 0.211. The van der Waals surface area contributed by atoms with Crippen LogP contribution in [0.5, 0.6) is 5.75 Å². The first-order valence-corrected chi connectivity index (χ1v) is 8.45. The molecule has 2 aromatic rings. The first kappa shape index (κ1) is 15.3. The van der Waals surface area contributed by atoms with Crippen LogP contribution in [0.15, 0.2) is 48.2 Å². The number of hydrogen-bond donors (Lipinski definition) is 1. The van der Waals surface area contributed by atoms with Crippen molar-refractivity contribution in [1.82, 2.24) is 0 Å². The maximum Gasteiger partial charge on any atom is 0.143 e. The summed E-state index contributed by atoms with van der Waals surface area (Å²) in [6.45, 7) is 0. The van der Waals surface area contributed by atoms with E-state index in [1.165, 1.54) is 0 Å². The molecule has 0 amide bonds. The van der Waals surface area contributed by atoms with Crippen LogP contribution in [0.25, 0.3) is 12.2 Å². The van der Waals surface area contributed by atoms with Gasteiger partial charge < -0.3 is 5.11 Å². The summed E-state index contributed by atoms with van der Waals surface area (Å²) >= 11 is 13.6. The molecule has 1 nitrogen and oxygen atoms in total. The van der Waals surface area contributed by atoms with Gasteiger partial charge >= 0.3 is 0 Å². The van der Waals surface area contributed by atoms with Crippen LogP contribution in [0.4, 0.5) is 0 Å². The van der Waals surface area contributed by atoms with Gasteiger partial charge in [-0.25, -0.2) is 0 Å². The van der Waals surface area contributed by atoms with Crippen LogP contribution in [-0.2, 0) is 0 Å². The van der Waals surface area contributed by atoms with E-state index in [-0.39, 0.29) is 5.75 Å². The third kappa shape index (κ3) is 4.18. The number of benzene rings is 2. The molecule has 0 aliphatic heterocycles. The molecule has 5 heteroatoms. The number of phenols is 1. The molecule has 0 saturated carbocycles. The van der Waals surface area contributed by atoms with E-state index >= 15 is 0 Å². The van der Waals surface area contributed by atoms with E-state index in [1.54, 1.807) is 0 Å². The molecule has 98 valence electrons. The average molecular weight is 512 g/mol. The van der Waals surface area contributed by atoms with Gasteiger partial charge in [0.1, 0.15) is 5.75 Å². The first-order chi connectivity index (χ1) is 8.95. The van der Waals surface area contributed by atoms with Crippen molar-refractivity contribution in [1.29, 1.82) is 0 Å². The second-order valence-electron chi connectivity index (χ2n) is 3.87. The molecule has 0 radical (unpaired) electrons. The highest BCUT2D eigenvalue weighted by Crippen LogP contribution is 2.34. The molecule has 0 saturated heterocycles. The van der Waals surface area contributed by atoms with Crippen molar-refractivity contribution in [3.8, 4) is 5.75 Å². The zero-order valence-electron chi connectivity index (χ0n) is 9.50. The summed E-state index contributed by atoms with van der Waals surface area (Å²) in [6.07, 6.45) is 4.00. The summed E-state index contributed by atoms with van der Waals surface area (Å²) in [4.78, 5) is 0. The van der Waals surface area contributed by atoms with Crippen molar-refractivity contribution < 1.29 is 5.11 Å². The van der Waals surface area contributed by atoms with Crippen molar-refractivity contribution in [2.45, 2.75) is 0 Å². The van der Waals surface area contributed by atoms with Crippen molar-refractivity contribution >= 4 is 75.9 Å². The fraction of sp³-hybridized carbons (Fsp3) is 0. The lowest BCUT2D eigenvalue weighted by molar-refractivity contribution is 0.468. The third-order valence-electron chi connectivity index (χ3n) is 2.39. The number of phenolic OH excluding ortho intramolecular Hbond substituents is 1. The normalized spacial score (nSPS) is 11.2. The predicted molar refractivity (Wildman–Crippen MR) is 94.3 cm³/mol. The van der Waals surface area contributed by atoms with Gasteiger partial charge in [-0.05, 0) is 73.3 Å². The van der Waals surface area contributed by atoms with E-state index < -0.39 is 0 Å². The number of hydrogen-bond acceptors (Lipinski definition) is 1. The summed E-state index contributed by atoms with van der Waals surface area (Å²) in [5.74, 6) is 0.211. The summed E-state index contributed by atoms with van der Waals surface area (Å²) in [5.41, 5.74) is 2.08. The van der Waals surface area contributed by atoms with Crippen molar-refractivity contribution in [3.63, 3.8) is 0 Å². The average Bonchev–Trinajstić information content (AvgIpc) is 2.32. The Kier molecular flexibility index (Phi) is 5.29. The molecule has 0 aromatic heterocycles. The molecule has 0 unspecified atom stereocenters. The Balaban J connectivity index is 2.32. The molecule has 0 heterocycles. The van der Waals surface area contributed by atoms with Crippen LogP contribution >= 0.6 is 63.7 Å². The molecule has 2 aromatic carbocycles. The molecule has 0 aliphatic rings. The maximum absolute atomic E-state index is 9.66. The molecular formula is C14H8Br4O. The summed E-state index contributed by atoms with van der Waals surface area (Å²) in [7, 11) is 0. The zero-order valence-corrected chi connectivity index (χ0v) is 15.8. The van der Waals surface area contributed by atoms with Crippen molar-refractivity contribution in [2.24, 2.45) is 0 Å². The van der Waals surface area contributed by atoms with Crippen molar-refractivity contribution in [3.05, 3.63) is 59.3 Å². The fourth-order valence-electron chi connectivity index (χ4n) is 1.55. The zero-order chi connectivity index (χ0) is 14.0. The van der Waals surface area contributed by atoms with Crippen LogP contribution in [0.2, 0.25) is 0 Å². The minimum atomic E-state index is 0.211. The number of rotatable bonds is 2. The smallest absolute Gasteiger partial charge is 0.143 e. The highest BCUT2D eigenvalue weighted by Gasteiger charge is 2.04. The summed E-state index contributed by atoms with van der Waals surface area (Å²) in [5, 5.41) is 9.66. The van der Waals surface area contributed by atoms with Crippen LogP contribution in [-0.4, -0.2) is 5.11 Å². The monoisotopic (exact) mass is 508 g/mol. The van der Waals surface area contributed by atoms with Gasteiger partial charge in [-0.2, -0.15) is 0 Å². The number of aromatic hydroxyl groups is 1. The molecule has 0 spiro atoms. The molecule has 19 heavy (non-hydrogen) atoms. The second-order valence-corrected chi connectivity index (χ2v) is 7.41. The molecule has 0 aliphatic carbocycles. The molecule has 0 fully saturated rings. The highest BCUT2D eigenvalue weighted by atomic mass is 79.9. The predicted octanol–water partition coefficient (Wildman–Crippen LogP) is 6.61. The van der Waals surface area contributed by atoms with Gasteiger partial charge in [0, 0.05) is 8.95 Å². The number of halogens is 4. The Bertz CT molecular complexity index is 607. The van der Waals surface area contributed by atoms with Crippen molar-refractivity contribution in [2.75, 3.05) is 0 Å². The van der Waals surface area contributed by atoms with E-state index in [0.717, 1.165) is 20.1 Å². The Morgan fingerprint density at radius 3 is 1.58 bits per heavy atom. The van der Waals surface area contributed by atoms with Gasteiger partial charge in [0.2, 0.25) is 0 Å². The lowest BCUT2D eigenvalue weighted by atomic mass is 10.1. The van der Waals surface area contributed by atoms with E-state index in [9.17, 15) is 5.11 Å². The van der Waals surface area contributed by atoms with Gasteiger partial charge in [-0.1, -0.05) is 44.0 Å². The Labute approximate surface area is 145 Å². The van der Waals surface area contributed by atoms with Crippen LogP contribution in [0, 0.1) is 0 Å². The van der Waals surface area contributed by atoms with Gasteiger partial charge in [-0.3, -0.25) is 0 Å². The van der Waals surface area contributed by atoms with E-state index in [1.807, 2.05) is 42.5 Å². The molecule has 2 rings (SSSR count). The lowest BCUT2D eigenvalue weighted by Crippen LogP contribution is -1.78. The van der Waals surface area contributed by atoms with E-state index in [0.29, 0.717) is 8.95 Å². The molecular weight excluding hydrogens is 504 g/mol. The topological polar surface area (TPSA) is 20.2 Å². The van der Waals surface area contributed by atoms with E-state index in [4.69, 9.17) is 0 Å². The van der Waals surface area contributed by atoms with Crippen LogP contribution in [0.3, 0.4) is 0 Å². The largest absolute Gasteiger partial charge is 0.506 e. The third-order valence-corrected chi connectivity index (χ3v) is 4.52. The Hall–Kier alpha value is -0.100. The summed E-state index contributed by atoms with van der Waals surface area (Å²) < 4.78 is 3.37. The standard InChI is InChI=1S/C14H8Br4O/c15-10-3-8(4-11(16)7-10)1-2-9-5-12(17)14(19)13(18)6-9/h1-7,19H. The van der Waals surface area contributed by atoms with Crippen LogP contribution < -0.4 is 0 Å². The quantitative estimate of drug-likeness (QED) is 0.450. The van der Waals surface area contributed by atoms with Gasteiger partial charge in [0.15, 0.2) is 0 Å². The first-order valence-electron chi connectivity index (χ1n) is 5.28. The second kappa shape index (κ2) is 6.57.